The number of hydrogen-bond donors (Lipinski definition) is 8. The molecular formula is C36H57N3O15. The van der Waals surface area contributed by atoms with Crippen LogP contribution in [-0.4, -0.2) is 103 Å². The number of carbonyl (C=O) groups is 10. The Kier molecular flexibility index (Phi) is 26.0. The van der Waals surface area contributed by atoms with Crippen LogP contribution in [0, 0.1) is 5.92 Å². The molecule has 0 heterocycles. The number of amides is 3. The van der Waals surface area contributed by atoms with E-state index in [1.807, 2.05) is 0 Å². The maximum Gasteiger partial charge on any atom is 0.326 e. The zero-order valence-electron chi connectivity index (χ0n) is 31.0. The monoisotopic (exact) mass is 771 g/mol. The zero-order valence-corrected chi connectivity index (χ0v) is 31.0. The second kappa shape index (κ2) is 28.6. The number of ketones is 2. The Balaban J connectivity index is 4.61. The minimum atomic E-state index is -1.59. The Labute approximate surface area is 314 Å². The Morgan fingerprint density at radius 3 is 1.11 bits per heavy atom. The molecule has 18 nitrogen and oxygen atoms in total. The van der Waals surface area contributed by atoms with Crippen LogP contribution in [-0.2, 0) is 47.9 Å². The van der Waals surface area contributed by atoms with Crippen LogP contribution in [0.3, 0.4) is 0 Å². The van der Waals surface area contributed by atoms with E-state index < -0.39 is 103 Å². The molecule has 0 saturated carbocycles. The summed E-state index contributed by atoms with van der Waals surface area (Å²) in [4.78, 5) is 118. The van der Waals surface area contributed by atoms with Crippen molar-refractivity contribution in [2.75, 3.05) is 0 Å². The Bertz CT molecular complexity index is 1290. The number of rotatable bonds is 34. The molecule has 3 amide bonds. The number of hydrogen-bond acceptors (Lipinski definition) is 10. The predicted octanol–water partition coefficient (Wildman–Crippen LogP) is 2.83. The topological polar surface area (TPSA) is 308 Å². The molecule has 0 saturated heterocycles. The highest BCUT2D eigenvalue weighted by atomic mass is 16.4. The third kappa shape index (κ3) is 26.0. The highest BCUT2D eigenvalue weighted by molar-refractivity contribution is 5.88. The number of aliphatic carboxylic acids is 5. The van der Waals surface area contributed by atoms with Gasteiger partial charge in [0, 0.05) is 44.9 Å². The van der Waals surface area contributed by atoms with Gasteiger partial charge in [0.25, 0.3) is 0 Å². The normalized spacial score (nSPS) is 13.1. The summed E-state index contributed by atoms with van der Waals surface area (Å²) in [6.07, 6.45) is 6.13. The second-order valence-electron chi connectivity index (χ2n) is 13.4. The molecule has 54 heavy (non-hydrogen) atoms. The molecular weight excluding hydrogens is 714 g/mol. The molecule has 306 valence electrons. The predicted molar refractivity (Wildman–Crippen MR) is 190 cm³/mol. The summed E-state index contributed by atoms with van der Waals surface area (Å²) in [6.45, 7) is 1.28. The van der Waals surface area contributed by atoms with Gasteiger partial charge in [0.05, 0.1) is 5.92 Å². The average molecular weight is 772 g/mol. The molecule has 0 unspecified atom stereocenters. The van der Waals surface area contributed by atoms with Crippen molar-refractivity contribution in [3.63, 3.8) is 0 Å². The third-order valence-electron chi connectivity index (χ3n) is 8.64. The van der Waals surface area contributed by atoms with E-state index >= 15 is 0 Å². The zero-order chi connectivity index (χ0) is 41.1. The van der Waals surface area contributed by atoms with E-state index in [1.165, 1.54) is 6.92 Å². The van der Waals surface area contributed by atoms with Crippen molar-refractivity contribution >= 4 is 59.1 Å². The number of nitrogens with one attached hydrogen (secondary N) is 3. The van der Waals surface area contributed by atoms with Crippen molar-refractivity contribution in [3.8, 4) is 0 Å². The maximum atomic E-state index is 12.5. The van der Waals surface area contributed by atoms with Gasteiger partial charge in [0.1, 0.15) is 29.7 Å². The van der Waals surface area contributed by atoms with Crippen molar-refractivity contribution < 1.29 is 73.5 Å². The van der Waals surface area contributed by atoms with E-state index in [-0.39, 0.29) is 50.7 Å². The fourth-order valence-corrected chi connectivity index (χ4v) is 5.47. The first-order valence-electron chi connectivity index (χ1n) is 18.4. The SMILES string of the molecule is CC(=O)CC[C@H](CC(=O)CC[C@H](NC(=O)CC[C@H](NC(=O)CC[C@H](NC(=O)CCCCCCCCCCCCC(=O)O)C(=O)O)C(=O)O)C(=O)O)C(=O)O. The molecule has 0 radical (unpaired) electrons. The van der Waals surface area contributed by atoms with Gasteiger partial charge in [-0.3, -0.25) is 28.8 Å². The van der Waals surface area contributed by atoms with Gasteiger partial charge in [-0.2, -0.15) is 0 Å². The largest absolute Gasteiger partial charge is 0.481 e. The molecule has 0 aromatic rings. The van der Waals surface area contributed by atoms with Crippen molar-refractivity contribution in [1.82, 2.24) is 16.0 Å². The lowest BCUT2D eigenvalue weighted by molar-refractivity contribution is -0.145. The first kappa shape index (κ1) is 49.1. The van der Waals surface area contributed by atoms with E-state index in [9.17, 15) is 68.4 Å². The first-order chi connectivity index (χ1) is 25.4. The lowest BCUT2D eigenvalue weighted by Gasteiger charge is -2.18. The summed E-state index contributed by atoms with van der Waals surface area (Å²) in [6, 6.07) is -4.53. The molecule has 0 rings (SSSR count). The minimum absolute atomic E-state index is 0.0396. The van der Waals surface area contributed by atoms with E-state index in [4.69, 9.17) is 5.11 Å². The van der Waals surface area contributed by atoms with Gasteiger partial charge >= 0.3 is 29.8 Å². The van der Waals surface area contributed by atoms with Gasteiger partial charge in [-0.05, 0) is 45.4 Å². The van der Waals surface area contributed by atoms with Crippen molar-refractivity contribution in [3.05, 3.63) is 0 Å². The van der Waals surface area contributed by atoms with Crippen LogP contribution < -0.4 is 16.0 Å². The van der Waals surface area contributed by atoms with Gasteiger partial charge in [-0.15, -0.1) is 0 Å². The number of carboxylic acids is 5. The summed E-state index contributed by atoms with van der Waals surface area (Å²) >= 11 is 0. The van der Waals surface area contributed by atoms with E-state index in [0.29, 0.717) is 12.8 Å². The highest BCUT2D eigenvalue weighted by Gasteiger charge is 2.27. The van der Waals surface area contributed by atoms with Crippen LogP contribution in [0.2, 0.25) is 0 Å². The van der Waals surface area contributed by atoms with Crippen LogP contribution >= 0.6 is 0 Å². The number of carboxylic acid groups (broad SMARTS) is 5. The molecule has 0 aliphatic rings. The van der Waals surface area contributed by atoms with Crippen LogP contribution in [0.1, 0.15) is 142 Å². The molecule has 0 bridgehead atoms. The Morgan fingerprint density at radius 1 is 0.407 bits per heavy atom. The minimum Gasteiger partial charge on any atom is -0.481 e. The van der Waals surface area contributed by atoms with Crippen LogP contribution in [0.5, 0.6) is 0 Å². The van der Waals surface area contributed by atoms with Gasteiger partial charge < -0.3 is 46.3 Å². The summed E-state index contributed by atoms with van der Waals surface area (Å²) < 4.78 is 0. The van der Waals surface area contributed by atoms with Gasteiger partial charge in [-0.25, -0.2) is 14.4 Å². The molecule has 0 aromatic carbocycles. The number of unbranched alkanes of at least 4 members (excludes halogenated alkanes) is 9. The van der Waals surface area contributed by atoms with E-state index in [1.54, 1.807) is 0 Å². The first-order valence-corrected chi connectivity index (χ1v) is 18.4. The smallest absolute Gasteiger partial charge is 0.326 e. The van der Waals surface area contributed by atoms with Gasteiger partial charge in [0.2, 0.25) is 17.7 Å². The van der Waals surface area contributed by atoms with Crippen molar-refractivity contribution in [2.24, 2.45) is 5.92 Å². The molecule has 4 atom stereocenters. The van der Waals surface area contributed by atoms with Gasteiger partial charge in [0.15, 0.2) is 0 Å². The van der Waals surface area contributed by atoms with Crippen LogP contribution in [0.15, 0.2) is 0 Å². The molecule has 8 N–H and O–H groups in total. The molecule has 0 aliphatic carbocycles. The third-order valence-corrected chi connectivity index (χ3v) is 8.64. The lowest BCUT2D eigenvalue weighted by Crippen LogP contribution is -2.45. The molecule has 0 spiro atoms. The summed E-state index contributed by atoms with van der Waals surface area (Å²) in [7, 11) is 0. The number of Topliss-reactive ketones (excluding diaryl/α,β-unsaturated/α-hetero) is 2. The Morgan fingerprint density at radius 2 is 0.759 bits per heavy atom. The second-order valence-corrected chi connectivity index (χ2v) is 13.4. The molecule has 0 aromatic heterocycles. The average Bonchev–Trinajstić information content (AvgIpc) is 3.08. The highest BCUT2D eigenvalue weighted by Crippen LogP contribution is 2.16. The van der Waals surface area contributed by atoms with Gasteiger partial charge in [-0.1, -0.05) is 51.4 Å². The van der Waals surface area contributed by atoms with Crippen LogP contribution in [0.25, 0.3) is 0 Å². The molecule has 0 fully saturated rings. The van der Waals surface area contributed by atoms with E-state index in [2.05, 4.69) is 16.0 Å². The molecule has 0 aliphatic heterocycles. The summed E-state index contributed by atoms with van der Waals surface area (Å²) in [5.74, 6) is -10.6. The summed E-state index contributed by atoms with van der Waals surface area (Å²) in [5, 5.41) is 53.1. The van der Waals surface area contributed by atoms with Crippen molar-refractivity contribution in [1.29, 1.82) is 0 Å². The lowest BCUT2D eigenvalue weighted by atomic mass is 9.94. The standard InChI is InChI=1S/C36H57N3O15/c1-23(40)14-15-24(33(47)48)22-25(41)16-17-26(34(49)50)38-30(43)21-19-28(36(53)54)39-31(44)20-18-27(35(51)52)37-29(42)12-10-8-6-4-2-3-5-7-9-11-13-32(45)46/h24,26-28H,2-22H2,1H3,(H,37,42)(H,38,43)(H,39,44)(H,45,46)(H,47,48)(H,49,50)(H,51,52)(H,53,54)/t24-,26+,27+,28+/m1/s1. The summed E-state index contributed by atoms with van der Waals surface area (Å²) in [5.41, 5.74) is 0. The van der Waals surface area contributed by atoms with Crippen molar-refractivity contribution in [2.45, 2.75) is 160 Å². The quantitative estimate of drug-likeness (QED) is 0.0436. The fraction of sp³-hybridized carbons (Fsp3) is 0.722. The fourth-order valence-electron chi connectivity index (χ4n) is 5.47. The van der Waals surface area contributed by atoms with Crippen LogP contribution in [0.4, 0.5) is 0 Å². The van der Waals surface area contributed by atoms with E-state index in [0.717, 1.165) is 51.4 Å². The Hall–Kier alpha value is -4.90. The molecule has 18 heteroatoms. The number of carbonyl (C=O) groups excluding carboxylic acids is 5. The maximum absolute atomic E-state index is 12.5.